The predicted molar refractivity (Wildman–Crippen MR) is 86.2 cm³/mol. The van der Waals surface area contributed by atoms with Crippen molar-refractivity contribution in [1.29, 1.82) is 0 Å². The van der Waals surface area contributed by atoms with Crippen LogP contribution in [0.2, 0.25) is 0 Å². The predicted octanol–water partition coefficient (Wildman–Crippen LogP) is 3.74. The molecule has 9 heteroatoms. The van der Waals surface area contributed by atoms with Gasteiger partial charge < -0.3 is 13.9 Å². The largest absolute Gasteiger partial charge is 0.475 e. The summed E-state index contributed by atoms with van der Waals surface area (Å²) >= 11 is 3.27. The highest BCUT2D eigenvalue weighted by molar-refractivity contribution is 9.10. The van der Waals surface area contributed by atoms with Crippen LogP contribution in [0.1, 0.15) is 11.3 Å². The van der Waals surface area contributed by atoms with Crippen LogP contribution in [0.15, 0.2) is 39.5 Å². The second kappa shape index (κ2) is 7.76. The van der Waals surface area contributed by atoms with Gasteiger partial charge in [-0.2, -0.15) is 13.2 Å². The van der Waals surface area contributed by atoms with Gasteiger partial charge >= 0.3 is 6.18 Å². The molecule has 0 bridgehead atoms. The molecule has 0 amide bonds. The van der Waals surface area contributed by atoms with Gasteiger partial charge in [0.25, 0.3) is 0 Å². The van der Waals surface area contributed by atoms with E-state index in [-0.39, 0.29) is 18.6 Å². The van der Waals surface area contributed by atoms with E-state index in [1.54, 1.807) is 0 Å². The summed E-state index contributed by atoms with van der Waals surface area (Å²) < 4.78 is 54.8. The molecule has 1 fully saturated rings. The first kappa shape index (κ1) is 18.2. The molecule has 0 aromatic carbocycles. The third-order valence-corrected chi connectivity index (χ3v) is 4.14. The van der Waals surface area contributed by atoms with Gasteiger partial charge in [-0.25, -0.2) is 4.98 Å². The average molecular weight is 421 g/mol. The van der Waals surface area contributed by atoms with E-state index in [1.807, 2.05) is 12.1 Å². The Morgan fingerprint density at radius 1 is 1.28 bits per heavy atom. The van der Waals surface area contributed by atoms with Gasteiger partial charge in [0.15, 0.2) is 4.67 Å². The Balaban J connectivity index is 1.49. The number of morpholine rings is 1. The highest BCUT2D eigenvalue weighted by atomic mass is 79.9. The second-order valence-corrected chi connectivity index (χ2v) is 6.41. The van der Waals surface area contributed by atoms with Crippen LogP contribution < -0.4 is 4.74 Å². The zero-order valence-corrected chi connectivity index (χ0v) is 14.7. The minimum absolute atomic E-state index is 0.142. The number of alkyl halides is 3. The molecule has 3 rings (SSSR count). The van der Waals surface area contributed by atoms with Crippen LogP contribution in [-0.2, 0) is 17.5 Å². The smallest absolute Gasteiger partial charge is 0.417 e. The van der Waals surface area contributed by atoms with E-state index in [4.69, 9.17) is 13.9 Å². The summed E-state index contributed by atoms with van der Waals surface area (Å²) in [5, 5.41) is 0. The van der Waals surface area contributed by atoms with E-state index in [0.717, 1.165) is 24.6 Å². The SMILES string of the molecule is FC(F)(F)c1ccc(OCC2CN(Cc3ccc(Br)o3)CCO2)nc1. The van der Waals surface area contributed by atoms with Crippen LogP contribution in [0.4, 0.5) is 13.2 Å². The van der Waals surface area contributed by atoms with Crippen LogP contribution in [0, 0.1) is 0 Å². The Kier molecular flexibility index (Phi) is 5.65. The first-order valence-electron chi connectivity index (χ1n) is 7.64. The van der Waals surface area contributed by atoms with Gasteiger partial charge in [-0.1, -0.05) is 0 Å². The van der Waals surface area contributed by atoms with Crippen molar-refractivity contribution in [2.24, 2.45) is 0 Å². The van der Waals surface area contributed by atoms with Gasteiger partial charge in [-0.15, -0.1) is 0 Å². The number of halogens is 4. The first-order chi connectivity index (χ1) is 11.9. The van der Waals surface area contributed by atoms with Gasteiger partial charge in [0.1, 0.15) is 18.5 Å². The lowest BCUT2D eigenvalue weighted by atomic mass is 10.2. The molecule has 25 heavy (non-hydrogen) atoms. The quantitative estimate of drug-likeness (QED) is 0.737. The fourth-order valence-electron chi connectivity index (χ4n) is 2.49. The second-order valence-electron chi connectivity index (χ2n) is 5.63. The van der Waals surface area contributed by atoms with Crippen molar-refractivity contribution in [1.82, 2.24) is 9.88 Å². The summed E-state index contributed by atoms with van der Waals surface area (Å²) in [5.41, 5.74) is -0.801. The molecular weight excluding hydrogens is 405 g/mol. The number of ether oxygens (including phenoxy) is 2. The van der Waals surface area contributed by atoms with Crippen molar-refractivity contribution in [3.63, 3.8) is 0 Å². The van der Waals surface area contributed by atoms with Gasteiger partial charge in [0.2, 0.25) is 5.88 Å². The Morgan fingerprint density at radius 3 is 2.76 bits per heavy atom. The molecule has 3 heterocycles. The van der Waals surface area contributed by atoms with E-state index in [0.29, 0.717) is 24.4 Å². The van der Waals surface area contributed by atoms with Crippen LogP contribution in [0.25, 0.3) is 0 Å². The topological polar surface area (TPSA) is 47.7 Å². The van der Waals surface area contributed by atoms with E-state index >= 15 is 0 Å². The van der Waals surface area contributed by atoms with Crippen molar-refractivity contribution in [3.05, 3.63) is 46.5 Å². The molecule has 1 aliphatic rings. The first-order valence-corrected chi connectivity index (χ1v) is 8.43. The summed E-state index contributed by atoms with van der Waals surface area (Å²) in [6.07, 6.45) is -3.83. The minimum atomic E-state index is -4.40. The Bertz CT molecular complexity index is 691. The van der Waals surface area contributed by atoms with Crippen molar-refractivity contribution in [3.8, 4) is 5.88 Å². The van der Waals surface area contributed by atoms with Crippen LogP contribution >= 0.6 is 15.9 Å². The van der Waals surface area contributed by atoms with Crippen molar-refractivity contribution >= 4 is 15.9 Å². The molecule has 5 nitrogen and oxygen atoms in total. The monoisotopic (exact) mass is 420 g/mol. The van der Waals surface area contributed by atoms with Crippen molar-refractivity contribution in [2.75, 3.05) is 26.3 Å². The van der Waals surface area contributed by atoms with Crippen molar-refractivity contribution < 1.29 is 27.1 Å². The molecule has 2 aromatic rings. The molecule has 0 aliphatic carbocycles. The number of hydrogen-bond donors (Lipinski definition) is 0. The minimum Gasteiger partial charge on any atom is -0.475 e. The van der Waals surface area contributed by atoms with Crippen molar-refractivity contribution in [2.45, 2.75) is 18.8 Å². The molecule has 0 saturated carbocycles. The standard InChI is InChI=1S/C16H16BrF3N2O3/c17-14-3-2-12(25-14)8-22-5-6-23-13(9-22)10-24-15-4-1-11(7-21-15)16(18,19)20/h1-4,7,13H,5-6,8-10H2. The van der Waals surface area contributed by atoms with E-state index in [1.165, 1.54) is 6.07 Å². The summed E-state index contributed by atoms with van der Waals surface area (Å²) in [6.45, 7) is 2.84. The zero-order chi connectivity index (χ0) is 17.9. The van der Waals surface area contributed by atoms with Gasteiger partial charge in [0.05, 0.1) is 18.7 Å². The highest BCUT2D eigenvalue weighted by Gasteiger charge is 2.30. The molecule has 1 saturated heterocycles. The van der Waals surface area contributed by atoms with Gasteiger partial charge in [-0.05, 0) is 34.1 Å². The molecule has 2 aromatic heterocycles. The fourth-order valence-corrected chi connectivity index (χ4v) is 2.83. The number of hydrogen-bond acceptors (Lipinski definition) is 5. The number of aromatic nitrogens is 1. The van der Waals surface area contributed by atoms with E-state index in [2.05, 4.69) is 25.8 Å². The number of pyridine rings is 1. The molecule has 136 valence electrons. The zero-order valence-electron chi connectivity index (χ0n) is 13.1. The summed E-state index contributed by atoms with van der Waals surface area (Å²) in [4.78, 5) is 5.86. The summed E-state index contributed by atoms with van der Waals surface area (Å²) in [6, 6.07) is 5.90. The van der Waals surface area contributed by atoms with Crippen LogP contribution in [-0.4, -0.2) is 42.3 Å². The maximum Gasteiger partial charge on any atom is 0.417 e. The lowest BCUT2D eigenvalue weighted by molar-refractivity contribution is -0.137. The van der Waals surface area contributed by atoms with Crippen LogP contribution in [0.5, 0.6) is 5.88 Å². The molecule has 1 aliphatic heterocycles. The average Bonchev–Trinajstić information content (AvgIpc) is 2.98. The molecule has 0 N–H and O–H groups in total. The van der Waals surface area contributed by atoms with Gasteiger partial charge in [0, 0.05) is 25.4 Å². The molecule has 1 unspecified atom stereocenters. The third kappa shape index (κ3) is 5.20. The fraction of sp³-hybridized carbons (Fsp3) is 0.438. The summed E-state index contributed by atoms with van der Waals surface area (Å²) in [5.74, 6) is 0.988. The van der Waals surface area contributed by atoms with E-state index in [9.17, 15) is 13.2 Å². The molecule has 0 spiro atoms. The Morgan fingerprint density at radius 2 is 2.12 bits per heavy atom. The highest BCUT2D eigenvalue weighted by Crippen LogP contribution is 2.29. The Labute approximate surface area is 150 Å². The Hall–Kier alpha value is -1.58. The molecule has 1 atom stereocenters. The van der Waals surface area contributed by atoms with Crippen LogP contribution in [0.3, 0.4) is 0 Å². The molecular formula is C16H16BrF3N2O3. The maximum atomic E-state index is 12.5. The lowest BCUT2D eigenvalue weighted by Crippen LogP contribution is -2.44. The number of furan rings is 1. The lowest BCUT2D eigenvalue weighted by Gasteiger charge is -2.32. The third-order valence-electron chi connectivity index (χ3n) is 3.71. The van der Waals surface area contributed by atoms with E-state index < -0.39 is 11.7 Å². The summed E-state index contributed by atoms with van der Waals surface area (Å²) in [7, 11) is 0. The molecule has 0 radical (unpaired) electrons. The normalized spacial score (nSPS) is 19.1. The number of rotatable bonds is 5. The number of nitrogens with zero attached hydrogens (tertiary/aromatic N) is 2. The maximum absolute atomic E-state index is 12.5. The van der Waals surface area contributed by atoms with Gasteiger partial charge in [-0.3, -0.25) is 4.90 Å².